The number of nitrogens with one attached hydrogen (secondary N) is 2. The second kappa shape index (κ2) is 8.57. The highest BCUT2D eigenvalue weighted by Gasteiger charge is 2.15. The van der Waals surface area contributed by atoms with E-state index in [2.05, 4.69) is 20.6 Å². The maximum Gasteiger partial charge on any atom is 0.339 e. The van der Waals surface area contributed by atoms with Crippen LogP contribution in [0.25, 0.3) is 0 Å². The van der Waals surface area contributed by atoms with Crippen molar-refractivity contribution in [3.8, 4) is 0 Å². The highest BCUT2D eigenvalue weighted by atomic mass is 16.5. The van der Waals surface area contributed by atoms with Gasteiger partial charge in [0.05, 0.1) is 18.4 Å². The van der Waals surface area contributed by atoms with Crippen LogP contribution in [-0.2, 0) is 11.3 Å². The number of nitrogens with zero attached hydrogens (tertiary/aromatic N) is 2. The summed E-state index contributed by atoms with van der Waals surface area (Å²) in [6.07, 6.45) is 5.03. The Morgan fingerprint density at radius 2 is 1.93 bits per heavy atom. The molecule has 0 fully saturated rings. The third-order valence-corrected chi connectivity index (χ3v) is 3.79. The molecule has 2 heterocycles. The summed E-state index contributed by atoms with van der Waals surface area (Å²) in [7, 11) is 1.29. The number of hydrogen-bond acceptors (Lipinski definition) is 6. The minimum atomic E-state index is -0.522. The molecule has 1 amide bonds. The zero-order chi connectivity index (χ0) is 19.1. The number of benzene rings is 1. The third-order valence-electron chi connectivity index (χ3n) is 3.79. The largest absolute Gasteiger partial charge is 0.465 e. The second-order valence-corrected chi connectivity index (χ2v) is 5.64. The smallest absolute Gasteiger partial charge is 0.339 e. The van der Waals surface area contributed by atoms with Gasteiger partial charge in [-0.15, -0.1) is 0 Å². The molecule has 7 heteroatoms. The number of rotatable bonds is 6. The summed E-state index contributed by atoms with van der Waals surface area (Å²) in [6.45, 7) is 0.573. The minimum absolute atomic E-state index is 0.228. The molecule has 0 unspecified atom stereocenters. The van der Waals surface area contributed by atoms with Gasteiger partial charge in [-0.1, -0.05) is 18.2 Å². The number of aromatic nitrogens is 2. The number of pyridine rings is 2. The summed E-state index contributed by atoms with van der Waals surface area (Å²) in [4.78, 5) is 32.5. The van der Waals surface area contributed by atoms with Crippen LogP contribution in [0, 0.1) is 0 Å². The van der Waals surface area contributed by atoms with E-state index in [0.717, 1.165) is 11.3 Å². The van der Waals surface area contributed by atoms with E-state index in [1.165, 1.54) is 7.11 Å². The fraction of sp³-hybridized carbons (Fsp3) is 0.100. The van der Waals surface area contributed by atoms with Crippen LogP contribution in [0.3, 0.4) is 0 Å². The Bertz CT molecular complexity index is 945. The first kappa shape index (κ1) is 18.1. The number of methoxy groups -OCH3 is 1. The first-order valence-electron chi connectivity index (χ1n) is 8.25. The molecule has 27 heavy (non-hydrogen) atoms. The summed E-state index contributed by atoms with van der Waals surface area (Å²) >= 11 is 0. The van der Waals surface area contributed by atoms with Crippen LogP contribution >= 0.6 is 0 Å². The molecule has 136 valence electrons. The van der Waals surface area contributed by atoms with E-state index in [0.29, 0.717) is 12.2 Å². The fourth-order valence-corrected chi connectivity index (χ4v) is 2.44. The molecule has 2 N–H and O–H groups in total. The van der Waals surface area contributed by atoms with E-state index in [9.17, 15) is 9.59 Å². The van der Waals surface area contributed by atoms with E-state index in [1.54, 1.807) is 55.0 Å². The molecular weight excluding hydrogens is 344 g/mol. The van der Waals surface area contributed by atoms with Gasteiger partial charge in [-0.2, -0.15) is 0 Å². The van der Waals surface area contributed by atoms with Crippen LogP contribution in [0.4, 0.5) is 11.4 Å². The Morgan fingerprint density at radius 3 is 2.70 bits per heavy atom. The number of anilines is 2. The average molecular weight is 362 g/mol. The molecule has 3 rings (SSSR count). The van der Waals surface area contributed by atoms with Crippen LogP contribution in [-0.4, -0.2) is 29.0 Å². The second-order valence-electron chi connectivity index (χ2n) is 5.64. The van der Waals surface area contributed by atoms with Crippen LogP contribution in [0.2, 0.25) is 0 Å². The number of para-hydroxylation sites is 1. The normalized spacial score (nSPS) is 10.1. The predicted molar refractivity (Wildman–Crippen MR) is 102 cm³/mol. The standard InChI is InChI=1S/C20H18N4O3/c1-27-20(26)16-6-2-3-7-17(16)24-19(25)18-11-15(8-10-22-18)23-13-14-5-4-9-21-12-14/h2-12H,13H2,1H3,(H,22,23)(H,24,25). The average Bonchev–Trinajstić information content (AvgIpc) is 2.73. The topological polar surface area (TPSA) is 93.2 Å². The molecule has 0 saturated carbocycles. The SMILES string of the molecule is COC(=O)c1ccccc1NC(=O)c1cc(NCc2cccnc2)ccn1. The van der Waals surface area contributed by atoms with Crippen molar-refractivity contribution in [3.63, 3.8) is 0 Å². The minimum Gasteiger partial charge on any atom is -0.465 e. The Hall–Kier alpha value is -3.74. The zero-order valence-corrected chi connectivity index (χ0v) is 14.7. The first-order chi connectivity index (χ1) is 13.2. The van der Waals surface area contributed by atoms with Gasteiger partial charge in [-0.25, -0.2) is 4.79 Å². The van der Waals surface area contributed by atoms with Crippen molar-refractivity contribution in [3.05, 3.63) is 83.9 Å². The van der Waals surface area contributed by atoms with Gasteiger partial charge in [0.1, 0.15) is 5.69 Å². The Balaban J connectivity index is 1.72. The lowest BCUT2D eigenvalue weighted by Crippen LogP contribution is -2.16. The van der Waals surface area contributed by atoms with E-state index < -0.39 is 11.9 Å². The molecule has 0 aliphatic carbocycles. The number of ether oxygens (including phenoxy) is 1. The van der Waals surface area contributed by atoms with Crippen molar-refractivity contribution in [2.45, 2.75) is 6.54 Å². The lowest BCUT2D eigenvalue weighted by atomic mass is 10.1. The summed E-state index contributed by atoms with van der Waals surface area (Å²) in [5, 5.41) is 5.93. The molecule has 0 aliphatic heterocycles. The Morgan fingerprint density at radius 1 is 1.07 bits per heavy atom. The Labute approximate surface area is 156 Å². The molecule has 1 aromatic carbocycles. The van der Waals surface area contributed by atoms with Crippen LogP contribution in [0.1, 0.15) is 26.4 Å². The summed E-state index contributed by atoms with van der Waals surface area (Å²) in [5.74, 6) is -0.942. The van der Waals surface area contributed by atoms with Crippen LogP contribution in [0.5, 0.6) is 0 Å². The monoisotopic (exact) mass is 362 g/mol. The number of esters is 1. The highest BCUT2D eigenvalue weighted by Crippen LogP contribution is 2.18. The van der Waals surface area contributed by atoms with Crippen molar-refractivity contribution in [2.75, 3.05) is 17.7 Å². The van der Waals surface area contributed by atoms with Crippen LogP contribution in [0.15, 0.2) is 67.1 Å². The number of carbonyl (C=O) groups is 2. The molecule has 0 saturated heterocycles. The molecule has 0 radical (unpaired) electrons. The maximum absolute atomic E-state index is 12.5. The maximum atomic E-state index is 12.5. The summed E-state index contributed by atoms with van der Waals surface area (Å²) < 4.78 is 4.74. The summed E-state index contributed by atoms with van der Waals surface area (Å²) in [6, 6.07) is 13.9. The van der Waals surface area contributed by atoms with Crippen LogP contribution < -0.4 is 10.6 Å². The van der Waals surface area contributed by atoms with Gasteiger partial charge in [0, 0.05) is 30.8 Å². The molecule has 3 aromatic rings. The Kier molecular flexibility index (Phi) is 5.73. The summed E-state index contributed by atoms with van der Waals surface area (Å²) in [5.41, 5.74) is 2.64. The molecule has 0 bridgehead atoms. The molecular formula is C20H18N4O3. The molecule has 0 spiro atoms. The van der Waals surface area contributed by atoms with Gasteiger partial charge < -0.3 is 15.4 Å². The van der Waals surface area contributed by atoms with Crippen molar-refractivity contribution < 1.29 is 14.3 Å². The van der Waals surface area contributed by atoms with E-state index in [-0.39, 0.29) is 11.3 Å². The number of hydrogen-bond donors (Lipinski definition) is 2. The van der Waals surface area contributed by atoms with Crippen molar-refractivity contribution >= 4 is 23.3 Å². The lowest BCUT2D eigenvalue weighted by molar-refractivity contribution is 0.0602. The molecule has 0 atom stereocenters. The van der Waals surface area contributed by atoms with E-state index in [4.69, 9.17) is 4.74 Å². The van der Waals surface area contributed by atoms with Crippen molar-refractivity contribution in [1.29, 1.82) is 0 Å². The van der Waals surface area contributed by atoms with Gasteiger partial charge >= 0.3 is 5.97 Å². The third kappa shape index (κ3) is 4.66. The van der Waals surface area contributed by atoms with E-state index >= 15 is 0 Å². The van der Waals surface area contributed by atoms with Gasteiger partial charge in [0.25, 0.3) is 5.91 Å². The number of amides is 1. The predicted octanol–water partition coefficient (Wildman–Crippen LogP) is 3.13. The molecule has 0 aliphatic rings. The van der Waals surface area contributed by atoms with Crippen molar-refractivity contribution in [1.82, 2.24) is 9.97 Å². The fourth-order valence-electron chi connectivity index (χ4n) is 2.44. The molecule has 2 aromatic heterocycles. The van der Waals surface area contributed by atoms with E-state index in [1.807, 2.05) is 12.1 Å². The first-order valence-corrected chi connectivity index (χ1v) is 8.25. The van der Waals surface area contributed by atoms with Gasteiger partial charge in [-0.05, 0) is 35.9 Å². The van der Waals surface area contributed by atoms with Gasteiger partial charge in [-0.3, -0.25) is 14.8 Å². The van der Waals surface area contributed by atoms with Crippen molar-refractivity contribution in [2.24, 2.45) is 0 Å². The number of carbonyl (C=O) groups excluding carboxylic acids is 2. The van der Waals surface area contributed by atoms with Gasteiger partial charge in [0.15, 0.2) is 0 Å². The van der Waals surface area contributed by atoms with Gasteiger partial charge in [0.2, 0.25) is 0 Å². The molecule has 7 nitrogen and oxygen atoms in total. The zero-order valence-electron chi connectivity index (χ0n) is 14.7. The quantitative estimate of drug-likeness (QED) is 0.655. The highest BCUT2D eigenvalue weighted by molar-refractivity contribution is 6.07. The lowest BCUT2D eigenvalue weighted by Gasteiger charge is -2.10.